The van der Waals surface area contributed by atoms with Gasteiger partial charge in [-0.3, -0.25) is 9.59 Å². The maximum Gasteiger partial charge on any atom is 0.315 e. The highest BCUT2D eigenvalue weighted by molar-refractivity contribution is 5.87. The van der Waals surface area contributed by atoms with Crippen LogP contribution in [0.4, 0.5) is 0 Å². The Labute approximate surface area is 197 Å². The molecular weight excluding hydrogens is 426 g/mol. The van der Waals surface area contributed by atoms with Crippen molar-refractivity contribution < 1.29 is 19.4 Å². The van der Waals surface area contributed by atoms with Crippen LogP contribution in [0.2, 0.25) is 0 Å². The molecule has 0 aliphatic heterocycles. The maximum atomic E-state index is 13.4. The number of rotatable bonds is 7. The van der Waals surface area contributed by atoms with Gasteiger partial charge in [0, 0.05) is 12.0 Å². The molecule has 5 heteroatoms. The van der Waals surface area contributed by atoms with E-state index in [1.807, 2.05) is 66.7 Å². The van der Waals surface area contributed by atoms with Crippen LogP contribution in [0.25, 0.3) is 21.9 Å². The van der Waals surface area contributed by atoms with E-state index < -0.39 is 23.9 Å². The minimum absolute atomic E-state index is 0.0794. The van der Waals surface area contributed by atoms with E-state index in [4.69, 9.17) is 10.5 Å². The average molecular weight is 452 g/mol. The number of carboxylic acid groups (broad SMARTS) is 1. The van der Waals surface area contributed by atoms with Crippen LogP contribution >= 0.6 is 0 Å². The highest BCUT2D eigenvalue weighted by Crippen LogP contribution is 2.44. The Morgan fingerprint density at radius 2 is 1.41 bits per heavy atom. The monoisotopic (exact) mass is 451 g/mol. The van der Waals surface area contributed by atoms with E-state index in [1.54, 1.807) is 0 Å². The van der Waals surface area contributed by atoms with E-state index >= 15 is 0 Å². The average Bonchev–Trinajstić information content (AvgIpc) is 3.16. The molecule has 0 fully saturated rings. The summed E-state index contributed by atoms with van der Waals surface area (Å²) in [6, 6.07) is 28.8. The Bertz CT molecular complexity index is 1330. The Balaban J connectivity index is 1.43. The molecule has 0 saturated carbocycles. The van der Waals surface area contributed by atoms with Gasteiger partial charge in [0.15, 0.2) is 0 Å². The summed E-state index contributed by atoms with van der Waals surface area (Å²) >= 11 is 0. The number of hydrogen-bond donors (Lipinski definition) is 2. The molecule has 5 rings (SSSR count). The molecule has 0 amide bonds. The Kier molecular flexibility index (Phi) is 5.86. The number of benzene rings is 4. The first-order chi connectivity index (χ1) is 16.5. The third kappa shape index (κ3) is 4.06. The van der Waals surface area contributed by atoms with Crippen molar-refractivity contribution in [3.05, 3.63) is 108 Å². The molecule has 0 saturated heterocycles. The first-order valence-electron chi connectivity index (χ1n) is 11.3. The zero-order chi connectivity index (χ0) is 23.7. The van der Waals surface area contributed by atoms with Gasteiger partial charge in [-0.2, -0.15) is 0 Å². The number of fused-ring (bicyclic) bond motifs is 4. The van der Waals surface area contributed by atoms with Crippen LogP contribution in [-0.4, -0.2) is 29.7 Å². The van der Waals surface area contributed by atoms with Crippen molar-refractivity contribution in [2.75, 3.05) is 6.61 Å². The summed E-state index contributed by atoms with van der Waals surface area (Å²) in [4.78, 5) is 24.8. The van der Waals surface area contributed by atoms with Crippen LogP contribution in [-0.2, 0) is 14.3 Å². The SMILES string of the molecule is NC(CC(=O)O)C(C(=O)OCC1c2ccccc2-c2ccccc21)c1ccc2ccccc2c1. The van der Waals surface area contributed by atoms with E-state index in [0.29, 0.717) is 5.56 Å². The molecule has 1 aliphatic rings. The molecule has 0 heterocycles. The van der Waals surface area contributed by atoms with Crippen LogP contribution < -0.4 is 5.73 Å². The van der Waals surface area contributed by atoms with Crippen LogP contribution in [0, 0.1) is 0 Å². The summed E-state index contributed by atoms with van der Waals surface area (Å²) in [5.41, 5.74) is 11.4. The maximum absolute atomic E-state index is 13.4. The highest BCUT2D eigenvalue weighted by Gasteiger charge is 2.33. The van der Waals surface area contributed by atoms with Crippen LogP contribution in [0.15, 0.2) is 91.0 Å². The third-order valence-electron chi connectivity index (χ3n) is 6.58. The van der Waals surface area contributed by atoms with Gasteiger partial charge >= 0.3 is 11.9 Å². The van der Waals surface area contributed by atoms with E-state index in [9.17, 15) is 14.7 Å². The van der Waals surface area contributed by atoms with Crippen molar-refractivity contribution in [3.8, 4) is 11.1 Å². The van der Waals surface area contributed by atoms with E-state index in [-0.39, 0.29) is 18.9 Å². The molecule has 170 valence electrons. The quantitative estimate of drug-likeness (QED) is 0.383. The van der Waals surface area contributed by atoms with Crippen molar-refractivity contribution in [2.24, 2.45) is 5.73 Å². The summed E-state index contributed by atoms with van der Waals surface area (Å²) in [7, 11) is 0. The third-order valence-corrected chi connectivity index (χ3v) is 6.58. The lowest BCUT2D eigenvalue weighted by atomic mass is 9.88. The number of aliphatic carboxylic acids is 1. The number of hydrogen-bond acceptors (Lipinski definition) is 4. The van der Waals surface area contributed by atoms with E-state index in [0.717, 1.165) is 33.0 Å². The number of ether oxygens (including phenoxy) is 1. The summed E-state index contributed by atoms with van der Waals surface area (Å²) < 4.78 is 5.86. The molecule has 0 bridgehead atoms. The molecule has 0 aromatic heterocycles. The van der Waals surface area contributed by atoms with Crippen LogP contribution in [0.3, 0.4) is 0 Å². The predicted molar refractivity (Wildman–Crippen MR) is 132 cm³/mol. The number of esters is 1. The van der Waals surface area contributed by atoms with Gasteiger partial charge in [0.05, 0.1) is 12.3 Å². The molecule has 4 aromatic carbocycles. The number of carbonyl (C=O) groups is 2. The van der Waals surface area contributed by atoms with Crippen molar-refractivity contribution in [1.29, 1.82) is 0 Å². The zero-order valence-electron chi connectivity index (χ0n) is 18.6. The highest BCUT2D eigenvalue weighted by atomic mass is 16.5. The Hall–Kier alpha value is -3.96. The lowest BCUT2D eigenvalue weighted by molar-refractivity contribution is -0.146. The van der Waals surface area contributed by atoms with Crippen molar-refractivity contribution in [3.63, 3.8) is 0 Å². The number of carbonyl (C=O) groups excluding carboxylic acids is 1. The molecule has 0 spiro atoms. The van der Waals surface area contributed by atoms with Crippen LogP contribution in [0.1, 0.15) is 34.9 Å². The predicted octanol–water partition coefficient (Wildman–Crippen LogP) is 5.08. The molecule has 34 heavy (non-hydrogen) atoms. The first-order valence-corrected chi connectivity index (χ1v) is 11.3. The summed E-state index contributed by atoms with van der Waals surface area (Å²) in [6.07, 6.45) is -0.332. The van der Waals surface area contributed by atoms with Gasteiger partial charge in [-0.05, 0) is 38.6 Å². The second-order valence-corrected chi connectivity index (χ2v) is 8.70. The summed E-state index contributed by atoms with van der Waals surface area (Å²) in [5.74, 6) is -2.52. The van der Waals surface area contributed by atoms with Gasteiger partial charge in [-0.1, -0.05) is 91.0 Å². The minimum atomic E-state index is -1.05. The molecule has 5 nitrogen and oxygen atoms in total. The molecule has 4 aromatic rings. The van der Waals surface area contributed by atoms with Gasteiger partial charge in [0.1, 0.15) is 6.61 Å². The summed E-state index contributed by atoms with van der Waals surface area (Å²) in [5, 5.41) is 11.3. The van der Waals surface area contributed by atoms with Gasteiger partial charge in [-0.15, -0.1) is 0 Å². The van der Waals surface area contributed by atoms with Gasteiger partial charge in [0.2, 0.25) is 0 Å². The van der Waals surface area contributed by atoms with Crippen LogP contribution in [0.5, 0.6) is 0 Å². The zero-order valence-corrected chi connectivity index (χ0v) is 18.6. The summed E-state index contributed by atoms with van der Waals surface area (Å²) in [6.45, 7) is 0.163. The van der Waals surface area contributed by atoms with Gasteiger partial charge < -0.3 is 15.6 Å². The standard InChI is InChI=1S/C29H25NO4/c30-26(16-27(31)32)28(20-14-13-18-7-1-2-8-19(18)15-20)29(33)34-17-25-23-11-5-3-9-21(23)22-10-4-6-12-24(22)25/h1-15,25-26,28H,16-17,30H2,(H,31,32). The molecule has 3 N–H and O–H groups in total. The Morgan fingerprint density at radius 1 is 0.824 bits per heavy atom. The topological polar surface area (TPSA) is 89.6 Å². The van der Waals surface area contributed by atoms with Crippen molar-refractivity contribution in [2.45, 2.75) is 24.3 Å². The number of nitrogens with two attached hydrogens (primary N) is 1. The normalized spacial score (nSPS) is 14.3. The number of carboxylic acids is 1. The fraction of sp³-hybridized carbons (Fsp3) is 0.172. The first kappa shape index (κ1) is 21.9. The molecule has 0 radical (unpaired) electrons. The van der Waals surface area contributed by atoms with E-state index in [2.05, 4.69) is 24.3 Å². The molecular formula is C29H25NO4. The second kappa shape index (κ2) is 9.12. The van der Waals surface area contributed by atoms with Crippen molar-refractivity contribution >= 4 is 22.7 Å². The van der Waals surface area contributed by atoms with Gasteiger partial charge in [-0.25, -0.2) is 0 Å². The van der Waals surface area contributed by atoms with E-state index in [1.165, 1.54) is 0 Å². The fourth-order valence-corrected chi connectivity index (χ4v) is 4.97. The minimum Gasteiger partial charge on any atom is -0.481 e. The second-order valence-electron chi connectivity index (χ2n) is 8.70. The smallest absolute Gasteiger partial charge is 0.315 e. The van der Waals surface area contributed by atoms with Gasteiger partial charge in [0.25, 0.3) is 0 Å². The van der Waals surface area contributed by atoms with Crippen molar-refractivity contribution in [1.82, 2.24) is 0 Å². The molecule has 2 atom stereocenters. The fourth-order valence-electron chi connectivity index (χ4n) is 4.97. The largest absolute Gasteiger partial charge is 0.481 e. The lowest BCUT2D eigenvalue weighted by Crippen LogP contribution is -2.37. The Morgan fingerprint density at radius 3 is 2.06 bits per heavy atom. The lowest BCUT2D eigenvalue weighted by Gasteiger charge is -2.23. The molecule has 1 aliphatic carbocycles. The molecule has 2 unspecified atom stereocenters.